The molecule has 1 aromatic carbocycles. The summed E-state index contributed by atoms with van der Waals surface area (Å²) in [7, 11) is 0. The third-order valence-electron chi connectivity index (χ3n) is 7.83. The van der Waals surface area contributed by atoms with Crippen LogP contribution in [0.5, 0.6) is 5.75 Å². The van der Waals surface area contributed by atoms with Crippen molar-refractivity contribution in [2.75, 3.05) is 26.2 Å². The second-order valence-electron chi connectivity index (χ2n) is 10.1. The number of carbonyl (C=O) groups excluding carboxylic acids is 1. The largest absolute Gasteiger partial charge is 0.493 e. The Balaban J connectivity index is 1.12. The van der Waals surface area contributed by atoms with Gasteiger partial charge in [-0.3, -0.25) is 4.79 Å². The van der Waals surface area contributed by atoms with Gasteiger partial charge in [-0.1, -0.05) is 25.0 Å². The average Bonchev–Trinajstić information content (AvgIpc) is 3.26. The summed E-state index contributed by atoms with van der Waals surface area (Å²) < 4.78 is 42.6. The molecule has 0 N–H and O–H groups in total. The van der Waals surface area contributed by atoms with E-state index >= 15 is 0 Å². The van der Waals surface area contributed by atoms with E-state index in [1.54, 1.807) is 0 Å². The van der Waals surface area contributed by atoms with Gasteiger partial charge in [0.15, 0.2) is 0 Å². The standard InChI is InChI=1S/C26H36F3NO2/c27-26(28,29)13-8-22(31)18-20-6-4-19(5-7-20)9-14-30-15-10-21(11-16-30)23-2-1-3-25-24(23)12-17-32-25/h1-3,19-21H,4-18H2. The fourth-order valence-electron chi connectivity index (χ4n) is 5.89. The molecule has 3 nitrogen and oxygen atoms in total. The number of carbonyl (C=O) groups is 1. The van der Waals surface area contributed by atoms with Crippen molar-refractivity contribution in [3.63, 3.8) is 0 Å². The number of likely N-dealkylation sites (tertiary alicyclic amines) is 1. The summed E-state index contributed by atoms with van der Waals surface area (Å²) in [6.07, 6.45) is 3.67. The van der Waals surface area contributed by atoms with E-state index in [1.807, 2.05) is 0 Å². The van der Waals surface area contributed by atoms with Crippen LogP contribution in [-0.4, -0.2) is 43.1 Å². The van der Waals surface area contributed by atoms with Crippen LogP contribution in [-0.2, 0) is 11.2 Å². The van der Waals surface area contributed by atoms with Crippen LogP contribution in [0.4, 0.5) is 13.2 Å². The highest BCUT2D eigenvalue weighted by Gasteiger charge is 2.30. The maximum atomic E-state index is 12.3. The number of hydrogen-bond donors (Lipinski definition) is 0. The minimum absolute atomic E-state index is 0.218. The SMILES string of the molecule is O=C(CCC(F)(F)F)CC1CCC(CCN2CCC(c3cccc4c3CCO4)CC2)CC1. The Morgan fingerprint density at radius 3 is 2.47 bits per heavy atom. The van der Waals surface area contributed by atoms with Crippen LogP contribution >= 0.6 is 0 Å². The first-order valence-electron chi connectivity index (χ1n) is 12.4. The van der Waals surface area contributed by atoms with Gasteiger partial charge >= 0.3 is 6.18 Å². The molecule has 6 heteroatoms. The quantitative estimate of drug-likeness (QED) is 0.465. The van der Waals surface area contributed by atoms with Gasteiger partial charge in [0.1, 0.15) is 11.5 Å². The molecule has 32 heavy (non-hydrogen) atoms. The van der Waals surface area contributed by atoms with E-state index in [-0.39, 0.29) is 12.2 Å². The van der Waals surface area contributed by atoms with Gasteiger partial charge in [-0.2, -0.15) is 13.2 Å². The predicted molar refractivity (Wildman–Crippen MR) is 119 cm³/mol. The van der Waals surface area contributed by atoms with Crippen molar-refractivity contribution in [2.24, 2.45) is 11.8 Å². The molecule has 178 valence electrons. The van der Waals surface area contributed by atoms with Crippen LogP contribution in [0.25, 0.3) is 0 Å². The fourth-order valence-corrected chi connectivity index (χ4v) is 5.89. The predicted octanol–water partition coefficient (Wildman–Crippen LogP) is 6.30. The highest BCUT2D eigenvalue weighted by molar-refractivity contribution is 5.78. The van der Waals surface area contributed by atoms with Crippen molar-refractivity contribution < 1.29 is 22.7 Å². The Hall–Kier alpha value is -1.56. The van der Waals surface area contributed by atoms with Crippen LogP contribution in [0.15, 0.2) is 18.2 Å². The van der Waals surface area contributed by atoms with E-state index in [1.165, 1.54) is 30.4 Å². The number of ether oxygens (including phenoxy) is 1. The summed E-state index contributed by atoms with van der Waals surface area (Å²) in [5.41, 5.74) is 2.93. The number of fused-ring (bicyclic) bond motifs is 1. The number of alkyl halides is 3. The number of Topliss-reactive ketones (excluding diaryl/α,β-unsaturated/α-hetero) is 1. The molecule has 1 saturated carbocycles. The third kappa shape index (κ3) is 6.49. The maximum Gasteiger partial charge on any atom is 0.389 e. The molecule has 1 saturated heterocycles. The van der Waals surface area contributed by atoms with Crippen LogP contribution in [0, 0.1) is 11.8 Å². The van der Waals surface area contributed by atoms with E-state index in [0.29, 0.717) is 24.2 Å². The molecule has 0 spiro atoms. The lowest BCUT2D eigenvalue weighted by molar-refractivity contribution is -0.143. The summed E-state index contributed by atoms with van der Waals surface area (Å²) in [5, 5.41) is 0. The normalized spacial score (nSPS) is 24.8. The molecule has 2 aliphatic heterocycles. The van der Waals surface area contributed by atoms with Crippen molar-refractivity contribution in [1.29, 1.82) is 0 Å². The molecule has 0 bridgehead atoms. The molecule has 1 aliphatic carbocycles. The number of halogens is 3. The van der Waals surface area contributed by atoms with Gasteiger partial charge in [-0.15, -0.1) is 0 Å². The lowest BCUT2D eigenvalue weighted by atomic mass is 9.78. The van der Waals surface area contributed by atoms with Crippen molar-refractivity contribution in [3.8, 4) is 5.75 Å². The molecule has 4 rings (SSSR count). The number of benzene rings is 1. The van der Waals surface area contributed by atoms with Crippen LogP contribution in [0.1, 0.15) is 81.3 Å². The fraction of sp³-hybridized carbons (Fsp3) is 0.731. The van der Waals surface area contributed by atoms with Crippen LogP contribution in [0.2, 0.25) is 0 Å². The van der Waals surface area contributed by atoms with Crippen molar-refractivity contribution in [1.82, 2.24) is 4.90 Å². The van der Waals surface area contributed by atoms with Gasteiger partial charge in [0.2, 0.25) is 0 Å². The minimum atomic E-state index is -4.22. The number of nitrogens with zero attached hydrogens (tertiary/aromatic N) is 1. The van der Waals surface area contributed by atoms with Gasteiger partial charge < -0.3 is 9.64 Å². The molecular formula is C26H36F3NO2. The lowest BCUT2D eigenvalue weighted by Crippen LogP contribution is -2.35. The highest BCUT2D eigenvalue weighted by atomic mass is 19.4. The molecule has 0 atom stereocenters. The summed E-state index contributed by atoms with van der Waals surface area (Å²) in [6, 6.07) is 6.51. The topological polar surface area (TPSA) is 29.5 Å². The Morgan fingerprint density at radius 1 is 1.03 bits per heavy atom. The Bertz CT molecular complexity index is 763. The molecule has 0 radical (unpaired) electrons. The second-order valence-corrected chi connectivity index (χ2v) is 10.1. The van der Waals surface area contributed by atoms with Gasteiger partial charge in [-0.05, 0) is 81.1 Å². The van der Waals surface area contributed by atoms with E-state index in [4.69, 9.17) is 4.74 Å². The number of rotatable bonds is 8. The number of ketones is 1. The minimum Gasteiger partial charge on any atom is -0.493 e. The molecule has 0 aromatic heterocycles. The summed E-state index contributed by atoms with van der Waals surface area (Å²) in [4.78, 5) is 14.4. The van der Waals surface area contributed by atoms with Gasteiger partial charge in [0, 0.05) is 24.8 Å². The summed E-state index contributed by atoms with van der Waals surface area (Å²) in [5.74, 6) is 2.50. The number of piperidine rings is 1. The molecule has 0 unspecified atom stereocenters. The van der Waals surface area contributed by atoms with Crippen LogP contribution < -0.4 is 4.74 Å². The zero-order valence-corrected chi connectivity index (χ0v) is 19.0. The Labute approximate surface area is 189 Å². The zero-order chi connectivity index (χ0) is 22.6. The van der Waals surface area contributed by atoms with Gasteiger partial charge in [0.05, 0.1) is 13.0 Å². The smallest absolute Gasteiger partial charge is 0.389 e. The second kappa shape index (κ2) is 10.6. The first-order valence-corrected chi connectivity index (χ1v) is 12.4. The van der Waals surface area contributed by atoms with E-state index < -0.39 is 12.6 Å². The summed E-state index contributed by atoms with van der Waals surface area (Å²) in [6.45, 7) is 4.26. The first kappa shape index (κ1) is 23.6. The third-order valence-corrected chi connectivity index (χ3v) is 7.83. The number of hydrogen-bond acceptors (Lipinski definition) is 3. The summed E-state index contributed by atoms with van der Waals surface area (Å²) >= 11 is 0. The van der Waals surface area contributed by atoms with Gasteiger partial charge in [-0.25, -0.2) is 0 Å². The molecule has 1 aromatic rings. The zero-order valence-electron chi connectivity index (χ0n) is 19.0. The average molecular weight is 452 g/mol. The van der Waals surface area contributed by atoms with E-state index in [2.05, 4.69) is 23.1 Å². The monoisotopic (exact) mass is 451 g/mol. The molecule has 2 fully saturated rings. The maximum absolute atomic E-state index is 12.3. The molecule has 2 heterocycles. The molecular weight excluding hydrogens is 415 g/mol. The van der Waals surface area contributed by atoms with Crippen molar-refractivity contribution in [2.45, 2.75) is 82.7 Å². The highest BCUT2D eigenvalue weighted by Crippen LogP contribution is 2.38. The van der Waals surface area contributed by atoms with Crippen LogP contribution in [0.3, 0.4) is 0 Å². The van der Waals surface area contributed by atoms with E-state index in [9.17, 15) is 18.0 Å². The van der Waals surface area contributed by atoms with Crippen molar-refractivity contribution in [3.05, 3.63) is 29.3 Å². The molecule has 3 aliphatic rings. The Morgan fingerprint density at radius 2 is 1.75 bits per heavy atom. The van der Waals surface area contributed by atoms with Crippen molar-refractivity contribution >= 4 is 5.78 Å². The van der Waals surface area contributed by atoms with Gasteiger partial charge in [0.25, 0.3) is 0 Å². The molecule has 0 amide bonds. The Kier molecular flexibility index (Phi) is 7.80. The first-order chi connectivity index (χ1) is 15.4. The lowest BCUT2D eigenvalue weighted by Gasteiger charge is -2.35. The van der Waals surface area contributed by atoms with E-state index in [0.717, 1.165) is 64.1 Å².